The van der Waals surface area contributed by atoms with E-state index in [9.17, 15) is 0 Å². The van der Waals surface area contributed by atoms with E-state index in [4.69, 9.17) is 11.6 Å². The molecule has 0 saturated carbocycles. The van der Waals surface area contributed by atoms with Crippen molar-refractivity contribution >= 4 is 33.5 Å². The smallest absolute Gasteiger partial charge is 0.111 e. The Labute approximate surface area is 91.3 Å². The quantitative estimate of drug-likeness (QED) is 0.580. The van der Waals surface area contributed by atoms with E-state index in [2.05, 4.69) is 10.1 Å². The third-order valence-corrected chi connectivity index (χ3v) is 2.89. The first-order chi connectivity index (χ1) is 7.27. The van der Waals surface area contributed by atoms with Crippen molar-refractivity contribution in [1.29, 1.82) is 0 Å². The highest BCUT2D eigenvalue weighted by molar-refractivity contribution is 6.39. The molecule has 0 unspecified atom stereocenters. The number of benzene rings is 1. The normalized spacial score (nSPS) is 11.3. The summed E-state index contributed by atoms with van der Waals surface area (Å²) in [5.41, 5.74) is 2.62. The summed E-state index contributed by atoms with van der Waals surface area (Å²) in [7, 11) is 1.87. The van der Waals surface area contributed by atoms with Crippen LogP contribution in [0.25, 0.3) is 21.9 Å². The summed E-state index contributed by atoms with van der Waals surface area (Å²) in [5.74, 6) is 0. The first-order valence-electron chi connectivity index (χ1n) is 4.63. The molecule has 0 aliphatic carbocycles. The Morgan fingerprint density at radius 3 is 2.87 bits per heavy atom. The summed E-state index contributed by atoms with van der Waals surface area (Å²) in [5, 5.41) is 5.84. The summed E-state index contributed by atoms with van der Waals surface area (Å²) >= 11 is 6.32. The van der Waals surface area contributed by atoms with Crippen LogP contribution in [0.2, 0.25) is 5.02 Å². The second kappa shape index (κ2) is 2.94. The highest BCUT2D eigenvalue weighted by atomic mass is 35.5. The predicted molar refractivity (Wildman–Crippen MR) is 61.0 cm³/mol. The number of halogens is 1. The van der Waals surface area contributed by atoms with Crippen LogP contribution in [-0.4, -0.2) is 14.8 Å². The Bertz CT molecular complexity index is 657. The molecule has 3 rings (SSSR count). The van der Waals surface area contributed by atoms with Crippen molar-refractivity contribution in [3.05, 3.63) is 35.5 Å². The maximum Gasteiger partial charge on any atom is 0.111 e. The van der Waals surface area contributed by atoms with E-state index in [1.165, 1.54) is 0 Å². The van der Waals surface area contributed by atoms with Gasteiger partial charge in [-0.1, -0.05) is 29.8 Å². The number of rotatable bonds is 0. The van der Waals surface area contributed by atoms with Crippen molar-refractivity contribution in [3.8, 4) is 0 Å². The molecule has 0 spiro atoms. The lowest BCUT2D eigenvalue weighted by atomic mass is 10.2. The molecule has 74 valence electrons. The predicted octanol–water partition coefficient (Wildman–Crippen LogP) is 2.77. The minimum atomic E-state index is 0.718. The minimum absolute atomic E-state index is 0.718. The van der Waals surface area contributed by atoms with Gasteiger partial charge >= 0.3 is 0 Å². The zero-order valence-electron chi connectivity index (χ0n) is 8.11. The summed E-state index contributed by atoms with van der Waals surface area (Å²) in [6.45, 7) is 0. The summed E-state index contributed by atoms with van der Waals surface area (Å²) in [6, 6.07) is 7.83. The standard InChI is InChI=1S/C11H8ClN3/c1-15-11-9(6-13-15)14-8-5-3-2-4-7(8)10(11)12/h2-6H,1H3. The van der Waals surface area contributed by atoms with Gasteiger partial charge in [-0.3, -0.25) is 4.68 Å². The second-order valence-corrected chi connectivity index (χ2v) is 3.82. The lowest BCUT2D eigenvalue weighted by Gasteiger charge is -2.02. The van der Waals surface area contributed by atoms with Crippen LogP contribution < -0.4 is 0 Å². The Kier molecular flexibility index (Phi) is 1.70. The number of fused-ring (bicyclic) bond motifs is 2. The third-order valence-electron chi connectivity index (χ3n) is 2.51. The third kappa shape index (κ3) is 1.13. The van der Waals surface area contributed by atoms with Crippen LogP contribution in [0, 0.1) is 0 Å². The Hall–Kier alpha value is -1.61. The van der Waals surface area contributed by atoms with Gasteiger partial charge in [-0.05, 0) is 6.07 Å². The summed E-state index contributed by atoms with van der Waals surface area (Å²) in [4.78, 5) is 4.49. The molecular formula is C11H8ClN3. The average Bonchev–Trinajstić information content (AvgIpc) is 2.61. The van der Waals surface area contributed by atoms with Gasteiger partial charge in [0.05, 0.1) is 16.7 Å². The van der Waals surface area contributed by atoms with Crippen molar-refractivity contribution in [2.24, 2.45) is 7.05 Å². The molecule has 0 fully saturated rings. The molecule has 0 atom stereocenters. The van der Waals surface area contributed by atoms with Gasteiger partial charge in [-0.25, -0.2) is 4.98 Å². The number of aromatic nitrogens is 3. The summed E-state index contributed by atoms with van der Waals surface area (Å²) < 4.78 is 1.75. The van der Waals surface area contributed by atoms with E-state index >= 15 is 0 Å². The molecule has 1 aromatic carbocycles. The highest BCUT2D eigenvalue weighted by Gasteiger charge is 2.09. The number of pyridine rings is 1. The zero-order chi connectivity index (χ0) is 10.4. The number of para-hydroxylation sites is 1. The van der Waals surface area contributed by atoms with E-state index in [1.54, 1.807) is 10.9 Å². The second-order valence-electron chi connectivity index (χ2n) is 3.44. The van der Waals surface area contributed by atoms with E-state index in [1.807, 2.05) is 31.3 Å². The van der Waals surface area contributed by atoms with Crippen LogP contribution in [0.4, 0.5) is 0 Å². The molecule has 0 aliphatic rings. The fourth-order valence-electron chi connectivity index (χ4n) is 1.78. The number of hydrogen-bond acceptors (Lipinski definition) is 2. The topological polar surface area (TPSA) is 30.7 Å². The number of hydrogen-bond donors (Lipinski definition) is 0. The molecular weight excluding hydrogens is 210 g/mol. The molecule has 0 amide bonds. The lowest BCUT2D eigenvalue weighted by Crippen LogP contribution is -1.91. The molecule has 3 aromatic rings. The molecule has 2 aromatic heterocycles. The van der Waals surface area contributed by atoms with Gasteiger partial charge in [0, 0.05) is 12.4 Å². The van der Waals surface area contributed by atoms with E-state index in [0.717, 1.165) is 27.0 Å². The minimum Gasteiger partial charge on any atom is -0.265 e. The van der Waals surface area contributed by atoms with Gasteiger partial charge in [0.2, 0.25) is 0 Å². The molecule has 0 radical (unpaired) electrons. The number of aryl methyl sites for hydroxylation is 1. The van der Waals surface area contributed by atoms with E-state index < -0.39 is 0 Å². The van der Waals surface area contributed by atoms with Crippen molar-refractivity contribution in [3.63, 3.8) is 0 Å². The molecule has 4 heteroatoms. The fourth-order valence-corrected chi connectivity index (χ4v) is 2.16. The van der Waals surface area contributed by atoms with Gasteiger partial charge in [-0.2, -0.15) is 5.10 Å². The Balaban J connectivity index is 2.62. The SMILES string of the molecule is Cn1ncc2nc3ccccc3c(Cl)c21. The van der Waals surface area contributed by atoms with Gasteiger partial charge < -0.3 is 0 Å². The van der Waals surface area contributed by atoms with Crippen molar-refractivity contribution < 1.29 is 0 Å². The van der Waals surface area contributed by atoms with Crippen molar-refractivity contribution in [2.75, 3.05) is 0 Å². The zero-order valence-corrected chi connectivity index (χ0v) is 8.86. The maximum absolute atomic E-state index is 6.32. The molecule has 15 heavy (non-hydrogen) atoms. The molecule has 0 N–H and O–H groups in total. The van der Waals surface area contributed by atoms with Gasteiger partial charge in [0.25, 0.3) is 0 Å². The first-order valence-corrected chi connectivity index (χ1v) is 5.01. The molecule has 0 saturated heterocycles. The molecule has 2 heterocycles. The molecule has 0 aliphatic heterocycles. The van der Waals surface area contributed by atoms with Gasteiger partial charge in [0.15, 0.2) is 0 Å². The van der Waals surface area contributed by atoms with E-state index in [0.29, 0.717) is 0 Å². The molecule has 3 nitrogen and oxygen atoms in total. The van der Waals surface area contributed by atoms with Crippen LogP contribution in [-0.2, 0) is 7.05 Å². The van der Waals surface area contributed by atoms with Crippen molar-refractivity contribution in [1.82, 2.24) is 14.8 Å². The van der Waals surface area contributed by atoms with Gasteiger partial charge in [0.1, 0.15) is 11.0 Å². The van der Waals surface area contributed by atoms with Gasteiger partial charge in [-0.15, -0.1) is 0 Å². The van der Waals surface area contributed by atoms with Crippen LogP contribution in [0.1, 0.15) is 0 Å². The monoisotopic (exact) mass is 217 g/mol. The van der Waals surface area contributed by atoms with E-state index in [-0.39, 0.29) is 0 Å². The fraction of sp³-hybridized carbons (Fsp3) is 0.0909. The Morgan fingerprint density at radius 2 is 2.00 bits per heavy atom. The maximum atomic E-state index is 6.32. The largest absolute Gasteiger partial charge is 0.265 e. The average molecular weight is 218 g/mol. The summed E-state index contributed by atoms with van der Waals surface area (Å²) in [6.07, 6.45) is 1.73. The first kappa shape index (κ1) is 8.68. The van der Waals surface area contributed by atoms with Crippen LogP contribution in [0.5, 0.6) is 0 Å². The number of nitrogens with zero attached hydrogens (tertiary/aromatic N) is 3. The highest BCUT2D eigenvalue weighted by Crippen LogP contribution is 2.29. The Morgan fingerprint density at radius 1 is 1.20 bits per heavy atom. The van der Waals surface area contributed by atoms with Crippen molar-refractivity contribution in [2.45, 2.75) is 0 Å². The lowest BCUT2D eigenvalue weighted by molar-refractivity contribution is 0.797. The van der Waals surface area contributed by atoms with Crippen LogP contribution in [0.3, 0.4) is 0 Å². The van der Waals surface area contributed by atoms with Crippen LogP contribution in [0.15, 0.2) is 30.5 Å². The molecule has 0 bridgehead atoms. The van der Waals surface area contributed by atoms with Crippen LogP contribution >= 0.6 is 11.6 Å².